The maximum atomic E-state index is 3.74. The van der Waals surface area contributed by atoms with Crippen LogP contribution in [0.15, 0.2) is 0 Å². The van der Waals surface area contributed by atoms with Gasteiger partial charge in [-0.1, -0.05) is 27.7 Å². The molecular formula is C14H30N2. The molecule has 16 heavy (non-hydrogen) atoms. The summed E-state index contributed by atoms with van der Waals surface area (Å²) in [6.45, 7) is 13.0. The molecule has 1 N–H and O–H groups in total. The van der Waals surface area contributed by atoms with Gasteiger partial charge in [-0.15, -0.1) is 0 Å². The number of nitrogens with one attached hydrogen (secondary N) is 1. The highest BCUT2D eigenvalue weighted by atomic mass is 15.1. The van der Waals surface area contributed by atoms with E-state index < -0.39 is 0 Å². The van der Waals surface area contributed by atoms with E-state index in [1.165, 1.54) is 38.9 Å². The molecule has 0 spiro atoms. The summed E-state index contributed by atoms with van der Waals surface area (Å²) in [5.74, 6) is 0.799. The molecule has 0 aliphatic carbocycles. The van der Waals surface area contributed by atoms with Gasteiger partial charge in [0.15, 0.2) is 0 Å². The molecule has 2 nitrogen and oxygen atoms in total. The first-order chi connectivity index (χ1) is 7.38. The Morgan fingerprint density at radius 2 is 2.00 bits per heavy atom. The molecule has 2 unspecified atom stereocenters. The highest BCUT2D eigenvalue weighted by Gasteiger charge is 2.23. The molecule has 1 rings (SSSR count). The van der Waals surface area contributed by atoms with Crippen LogP contribution in [0.3, 0.4) is 0 Å². The Kier molecular flexibility index (Phi) is 5.26. The largest absolute Gasteiger partial charge is 0.314 e. The van der Waals surface area contributed by atoms with Crippen LogP contribution in [0.4, 0.5) is 0 Å². The molecule has 0 aromatic rings. The van der Waals surface area contributed by atoms with E-state index in [9.17, 15) is 0 Å². The predicted octanol–water partition coefficient (Wildman–Crippen LogP) is 2.74. The predicted molar refractivity (Wildman–Crippen MR) is 71.8 cm³/mol. The first-order valence-electron chi connectivity index (χ1n) is 6.80. The van der Waals surface area contributed by atoms with Gasteiger partial charge >= 0.3 is 0 Å². The van der Waals surface area contributed by atoms with Crippen LogP contribution < -0.4 is 5.32 Å². The second-order valence-electron chi connectivity index (χ2n) is 6.75. The van der Waals surface area contributed by atoms with Crippen LogP contribution in [0, 0.1) is 11.3 Å². The third-order valence-corrected chi connectivity index (χ3v) is 3.62. The smallest absolute Gasteiger partial charge is 0.0117 e. The summed E-state index contributed by atoms with van der Waals surface area (Å²) in [5.41, 5.74) is 0.486. The minimum absolute atomic E-state index is 0.486. The quantitative estimate of drug-likeness (QED) is 0.742. The third kappa shape index (κ3) is 5.31. The maximum Gasteiger partial charge on any atom is 0.0117 e. The zero-order chi connectivity index (χ0) is 12.2. The molecule has 1 saturated heterocycles. The Morgan fingerprint density at radius 3 is 2.56 bits per heavy atom. The lowest BCUT2D eigenvalue weighted by atomic mass is 9.90. The first kappa shape index (κ1) is 14.0. The Bertz CT molecular complexity index is 195. The summed E-state index contributed by atoms with van der Waals surface area (Å²) in [7, 11) is 2.23. The van der Waals surface area contributed by atoms with Crippen molar-refractivity contribution >= 4 is 0 Å². The monoisotopic (exact) mass is 226 g/mol. The van der Waals surface area contributed by atoms with E-state index in [0.29, 0.717) is 5.41 Å². The molecule has 0 bridgehead atoms. The van der Waals surface area contributed by atoms with E-state index in [0.717, 1.165) is 12.0 Å². The Labute approximate surface area is 102 Å². The lowest BCUT2D eigenvalue weighted by Gasteiger charge is -2.35. The number of hydrogen-bond donors (Lipinski definition) is 1. The fraction of sp³-hybridized carbons (Fsp3) is 1.00. The summed E-state index contributed by atoms with van der Waals surface area (Å²) in [6.07, 6.45) is 3.94. The van der Waals surface area contributed by atoms with Gasteiger partial charge in [0, 0.05) is 12.6 Å². The lowest BCUT2D eigenvalue weighted by molar-refractivity contribution is 0.174. The third-order valence-electron chi connectivity index (χ3n) is 3.62. The fourth-order valence-corrected chi connectivity index (χ4v) is 2.56. The number of likely N-dealkylation sites (tertiary alicyclic amines) is 1. The SMILES string of the molecule is CC1CN(C)CCC1NCCCC(C)(C)C. The van der Waals surface area contributed by atoms with Crippen LogP contribution in [-0.4, -0.2) is 37.6 Å². The van der Waals surface area contributed by atoms with Crippen LogP contribution in [0.5, 0.6) is 0 Å². The van der Waals surface area contributed by atoms with Gasteiger partial charge in [-0.2, -0.15) is 0 Å². The second kappa shape index (κ2) is 6.02. The summed E-state index contributed by atoms with van der Waals surface area (Å²) >= 11 is 0. The van der Waals surface area contributed by atoms with E-state index in [4.69, 9.17) is 0 Å². The van der Waals surface area contributed by atoms with Gasteiger partial charge in [0.1, 0.15) is 0 Å². The Morgan fingerprint density at radius 1 is 1.31 bits per heavy atom. The normalized spacial score (nSPS) is 28.3. The second-order valence-corrected chi connectivity index (χ2v) is 6.75. The number of hydrogen-bond acceptors (Lipinski definition) is 2. The van der Waals surface area contributed by atoms with Crippen molar-refractivity contribution in [1.29, 1.82) is 0 Å². The van der Waals surface area contributed by atoms with Crippen LogP contribution in [-0.2, 0) is 0 Å². The van der Waals surface area contributed by atoms with Gasteiger partial charge in [0.25, 0.3) is 0 Å². The number of piperidine rings is 1. The molecule has 0 aromatic heterocycles. The molecule has 1 aliphatic heterocycles. The molecule has 0 saturated carbocycles. The minimum atomic E-state index is 0.486. The Hall–Kier alpha value is -0.0800. The number of rotatable bonds is 4. The molecule has 96 valence electrons. The molecule has 2 atom stereocenters. The zero-order valence-electron chi connectivity index (χ0n) is 11.8. The molecule has 1 aliphatic rings. The van der Waals surface area contributed by atoms with Gasteiger partial charge in [-0.3, -0.25) is 0 Å². The topological polar surface area (TPSA) is 15.3 Å². The maximum absolute atomic E-state index is 3.74. The van der Waals surface area contributed by atoms with Crippen LogP contribution >= 0.6 is 0 Å². The van der Waals surface area contributed by atoms with Crippen molar-refractivity contribution in [3.05, 3.63) is 0 Å². The zero-order valence-corrected chi connectivity index (χ0v) is 11.8. The fourth-order valence-electron chi connectivity index (χ4n) is 2.56. The highest BCUT2D eigenvalue weighted by molar-refractivity contribution is 4.81. The van der Waals surface area contributed by atoms with Crippen LogP contribution in [0.2, 0.25) is 0 Å². The van der Waals surface area contributed by atoms with Gasteiger partial charge < -0.3 is 10.2 Å². The van der Waals surface area contributed by atoms with Crippen molar-refractivity contribution in [2.45, 2.75) is 53.0 Å². The molecule has 0 aromatic carbocycles. The first-order valence-corrected chi connectivity index (χ1v) is 6.80. The van der Waals surface area contributed by atoms with E-state index >= 15 is 0 Å². The molecule has 2 heteroatoms. The highest BCUT2D eigenvalue weighted by Crippen LogP contribution is 2.20. The Balaban J connectivity index is 2.13. The molecular weight excluding hydrogens is 196 g/mol. The van der Waals surface area contributed by atoms with Crippen molar-refractivity contribution in [3.8, 4) is 0 Å². The van der Waals surface area contributed by atoms with Crippen molar-refractivity contribution in [2.75, 3.05) is 26.7 Å². The van der Waals surface area contributed by atoms with Crippen molar-refractivity contribution in [3.63, 3.8) is 0 Å². The molecule has 0 radical (unpaired) electrons. The lowest BCUT2D eigenvalue weighted by Crippen LogP contribution is -2.47. The van der Waals surface area contributed by atoms with E-state index in [1.807, 2.05) is 0 Å². The van der Waals surface area contributed by atoms with E-state index in [2.05, 4.69) is 45.0 Å². The van der Waals surface area contributed by atoms with Crippen molar-refractivity contribution in [2.24, 2.45) is 11.3 Å². The van der Waals surface area contributed by atoms with Gasteiger partial charge in [0.2, 0.25) is 0 Å². The van der Waals surface area contributed by atoms with E-state index in [1.54, 1.807) is 0 Å². The van der Waals surface area contributed by atoms with Crippen LogP contribution in [0.1, 0.15) is 47.0 Å². The van der Waals surface area contributed by atoms with Gasteiger partial charge in [-0.25, -0.2) is 0 Å². The summed E-state index contributed by atoms with van der Waals surface area (Å²) in [5, 5.41) is 3.74. The summed E-state index contributed by atoms with van der Waals surface area (Å²) in [4.78, 5) is 2.44. The molecule has 0 amide bonds. The van der Waals surface area contributed by atoms with Gasteiger partial charge in [-0.05, 0) is 50.7 Å². The van der Waals surface area contributed by atoms with E-state index in [-0.39, 0.29) is 0 Å². The van der Waals surface area contributed by atoms with Crippen LogP contribution in [0.25, 0.3) is 0 Å². The van der Waals surface area contributed by atoms with Crippen molar-refractivity contribution in [1.82, 2.24) is 10.2 Å². The standard InChI is InChI=1S/C14H30N2/c1-12-11-16(5)10-7-13(12)15-9-6-8-14(2,3)4/h12-13,15H,6-11H2,1-5H3. The molecule has 1 heterocycles. The minimum Gasteiger partial charge on any atom is -0.314 e. The average molecular weight is 226 g/mol. The number of nitrogens with zero attached hydrogens (tertiary/aromatic N) is 1. The van der Waals surface area contributed by atoms with Crippen molar-refractivity contribution < 1.29 is 0 Å². The molecule has 1 fully saturated rings. The summed E-state index contributed by atoms with van der Waals surface area (Å²) < 4.78 is 0. The van der Waals surface area contributed by atoms with Gasteiger partial charge in [0.05, 0.1) is 0 Å². The summed E-state index contributed by atoms with van der Waals surface area (Å²) in [6, 6.07) is 0.746. The average Bonchev–Trinajstić information content (AvgIpc) is 2.13.